The Morgan fingerprint density at radius 1 is 1.00 bits per heavy atom. The number of nitrogens with one attached hydrogen (secondary N) is 2. The molecule has 0 bridgehead atoms. The van der Waals surface area contributed by atoms with Crippen molar-refractivity contribution in [3.8, 4) is 11.5 Å². The van der Waals surface area contributed by atoms with E-state index in [-0.39, 0.29) is 18.5 Å². The van der Waals surface area contributed by atoms with Crippen LogP contribution in [0.5, 0.6) is 11.5 Å². The number of anilines is 2. The quantitative estimate of drug-likeness (QED) is 0.593. The number of thioether (sulfide) groups is 1. The molecule has 1 amide bonds. The number of fused-ring (bicyclic) bond motifs is 1. The van der Waals surface area contributed by atoms with Gasteiger partial charge in [0.1, 0.15) is 10.8 Å². The van der Waals surface area contributed by atoms with Crippen molar-refractivity contribution >= 4 is 29.2 Å². The Morgan fingerprint density at radius 2 is 1.86 bits per heavy atom. The molecule has 0 saturated heterocycles. The number of carbonyl (C=O) groups excluding carboxylic acids is 1. The molecule has 0 atom stereocenters. The van der Waals surface area contributed by atoms with Gasteiger partial charge in [0.2, 0.25) is 12.7 Å². The number of benzene rings is 2. The molecule has 4 rings (SSSR count). The Morgan fingerprint density at radius 3 is 2.68 bits per heavy atom. The Bertz CT molecular complexity index is 951. The van der Waals surface area contributed by atoms with Gasteiger partial charge in [-0.15, -0.1) is 10.2 Å². The molecule has 1 aromatic heterocycles. The maximum Gasteiger partial charge on any atom is 0.234 e. The lowest BCUT2D eigenvalue weighted by Gasteiger charge is -2.07. The molecule has 0 saturated carbocycles. The normalized spacial score (nSPS) is 11.9. The highest BCUT2D eigenvalue weighted by molar-refractivity contribution is 7.99. The maximum atomic E-state index is 12.0. The van der Waals surface area contributed by atoms with Gasteiger partial charge in [-0.25, -0.2) is 0 Å². The molecule has 28 heavy (non-hydrogen) atoms. The van der Waals surface area contributed by atoms with Crippen molar-refractivity contribution in [3.05, 3.63) is 66.2 Å². The number of hydrogen-bond acceptors (Lipinski definition) is 7. The van der Waals surface area contributed by atoms with E-state index in [0.29, 0.717) is 17.4 Å². The largest absolute Gasteiger partial charge is 0.454 e. The second-order valence-corrected chi connectivity index (χ2v) is 7.00. The summed E-state index contributed by atoms with van der Waals surface area (Å²) in [6.07, 6.45) is 0. The van der Waals surface area contributed by atoms with Crippen molar-refractivity contribution in [3.63, 3.8) is 0 Å². The summed E-state index contributed by atoms with van der Waals surface area (Å²) in [5, 5.41) is 15.1. The summed E-state index contributed by atoms with van der Waals surface area (Å²) in [6.45, 7) is 0.859. The van der Waals surface area contributed by atoms with Crippen molar-refractivity contribution in [2.24, 2.45) is 0 Å². The van der Waals surface area contributed by atoms with E-state index in [2.05, 4.69) is 20.8 Å². The van der Waals surface area contributed by atoms with Crippen molar-refractivity contribution in [1.82, 2.24) is 10.2 Å². The van der Waals surface area contributed by atoms with Crippen molar-refractivity contribution in [1.29, 1.82) is 0 Å². The lowest BCUT2D eigenvalue weighted by atomic mass is 10.2. The first kappa shape index (κ1) is 18.1. The maximum absolute atomic E-state index is 12.0. The van der Waals surface area contributed by atoms with Crippen LogP contribution >= 0.6 is 11.8 Å². The Balaban J connectivity index is 1.25. The summed E-state index contributed by atoms with van der Waals surface area (Å²) < 4.78 is 10.7. The summed E-state index contributed by atoms with van der Waals surface area (Å²) in [6, 6.07) is 18.9. The lowest BCUT2D eigenvalue weighted by Crippen LogP contribution is -2.14. The number of carbonyl (C=O) groups is 1. The average molecular weight is 394 g/mol. The van der Waals surface area contributed by atoms with Crippen LogP contribution in [0.3, 0.4) is 0 Å². The van der Waals surface area contributed by atoms with E-state index < -0.39 is 0 Å². The molecule has 7 nitrogen and oxygen atoms in total. The summed E-state index contributed by atoms with van der Waals surface area (Å²) in [4.78, 5) is 12.0. The van der Waals surface area contributed by atoms with E-state index in [1.165, 1.54) is 11.8 Å². The van der Waals surface area contributed by atoms with Crippen molar-refractivity contribution in [2.45, 2.75) is 11.6 Å². The summed E-state index contributed by atoms with van der Waals surface area (Å²) in [5.74, 6) is 2.37. The molecule has 8 heteroatoms. The average Bonchev–Trinajstić information content (AvgIpc) is 3.20. The van der Waals surface area contributed by atoms with Crippen LogP contribution in [0, 0.1) is 0 Å². The first-order valence-corrected chi connectivity index (χ1v) is 9.69. The predicted octanol–water partition coefficient (Wildman–Crippen LogP) is 3.55. The minimum absolute atomic E-state index is 0.0805. The van der Waals surface area contributed by atoms with Crippen LogP contribution in [0.4, 0.5) is 11.5 Å². The van der Waals surface area contributed by atoms with Gasteiger partial charge in [-0.2, -0.15) is 0 Å². The van der Waals surface area contributed by atoms with Crippen LogP contribution in [-0.2, 0) is 11.3 Å². The molecule has 1 aliphatic rings. The molecule has 2 heterocycles. The van der Waals surface area contributed by atoms with Gasteiger partial charge >= 0.3 is 0 Å². The SMILES string of the molecule is O=C(CSc1ccc(NCc2ccc3c(c2)OCO3)nn1)Nc1ccccc1. The topological polar surface area (TPSA) is 85.4 Å². The van der Waals surface area contributed by atoms with Crippen LogP contribution in [0.25, 0.3) is 0 Å². The second kappa shape index (κ2) is 8.62. The Hall–Kier alpha value is -3.26. The monoisotopic (exact) mass is 394 g/mol. The number of amides is 1. The number of rotatable bonds is 7. The van der Waals surface area contributed by atoms with Gasteiger partial charge in [0, 0.05) is 12.2 Å². The molecule has 0 aliphatic carbocycles. The van der Waals surface area contributed by atoms with Gasteiger partial charge in [0.05, 0.1) is 5.75 Å². The molecule has 2 N–H and O–H groups in total. The molecular formula is C20H18N4O3S. The number of nitrogens with zero attached hydrogens (tertiary/aromatic N) is 2. The zero-order valence-electron chi connectivity index (χ0n) is 14.9. The van der Waals surface area contributed by atoms with Gasteiger partial charge in [0.25, 0.3) is 0 Å². The summed E-state index contributed by atoms with van der Waals surface area (Å²) >= 11 is 1.34. The van der Waals surface area contributed by atoms with Crippen LogP contribution < -0.4 is 20.1 Å². The van der Waals surface area contributed by atoms with Gasteiger partial charge in [-0.05, 0) is 42.0 Å². The van der Waals surface area contributed by atoms with E-state index in [4.69, 9.17) is 9.47 Å². The van der Waals surface area contributed by atoms with Gasteiger partial charge in [0.15, 0.2) is 11.5 Å². The second-order valence-electron chi connectivity index (χ2n) is 6.00. The minimum atomic E-state index is -0.0805. The van der Waals surface area contributed by atoms with Gasteiger partial charge in [-0.1, -0.05) is 36.0 Å². The number of ether oxygens (including phenoxy) is 2. The van der Waals surface area contributed by atoms with E-state index in [1.54, 1.807) is 0 Å². The molecule has 2 aromatic carbocycles. The summed E-state index contributed by atoms with van der Waals surface area (Å²) in [5.41, 5.74) is 1.84. The first-order valence-electron chi connectivity index (χ1n) is 8.70. The van der Waals surface area contributed by atoms with Crippen molar-refractivity contribution in [2.75, 3.05) is 23.2 Å². The molecule has 3 aromatic rings. The van der Waals surface area contributed by atoms with E-state index in [1.807, 2.05) is 60.7 Å². The standard InChI is InChI=1S/C20H18N4O3S/c25-19(22-15-4-2-1-3-5-15)12-28-20-9-8-18(23-24-20)21-11-14-6-7-16-17(10-14)27-13-26-16/h1-10H,11-13H2,(H,21,23)(H,22,25). The Kier molecular flexibility index (Phi) is 5.58. The van der Waals surface area contributed by atoms with E-state index >= 15 is 0 Å². The number of aromatic nitrogens is 2. The highest BCUT2D eigenvalue weighted by Crippen LogP contribution is 2.32. The fourth-order valence-electron chi connectivity index (χ4n) is 2.59. The van der Waals surface area contributed by atoms with Crippen LogP contribution in [0.15, 0.2) is 65.7 Å². The third-order valence-corrected chi connectivity index (χ3v) is 4.88. The third kappa shape index (κ3) is 4.72. The molecule has 0 spiro atoms. The van der Waals surface area contributed by atoms with Gasteiger partial charge < -0.3 is 20.1 Å². The smallest absolute Gasteiger partial charge is 0.234 e. The summed E-state index contributed by atoms with van der Waals surface area (Å²) in [7, 11) is 0. The highest BCUT2D eigenvalue weighted by Gasteiger charge is 2.13. The third-order valence-electron chi connectivity index (χ3n) is 3.96. The van der Waals surface area contributed by atoms with Gasteiger partial charge in [-0.3, -0.25) is 4.79 Å². The molecule has 0 fully saturated rings. The fraction of sp³-hybridized carbons (Fsp3) is 0.150. The zero-order chi connectivity index (χ0) is 19.2. The highest BCUT2D eigenvalue weighted by atomic mass is 32.2. The first-order chi connectivity index (χ1) is 13.8. The fourth-order valence-corrected chi connectivity index (χ4v) is 3.21. The molecular weight excluding hydrogens is 376 g/mol. The number of hydrogen-bond donors (Lipinski definition) is 2. The Labute approximate surface area is 166 Å². The van der Waals surface area contributed by atoms with Crippen LogP contribution in [0.1, 0.15) is 5.56 Å². The minimum Gasteiger partial charge on any atom is -0.454 e. The predicted molar refractivity (Wildman–Crippen MR) is 108 cm³/mol. The van der Waals surface area contributed by atoms with Crippen LogP contribution in [-0.4, -0.2) is 28.7 Å². The lowest BCUT2D eigenvalue weighted by molar-refractivity contribution is -0.113. The zero-order valence-corrected chi connectivity index (χ0v) is 15.7. The molecule has 142 valence electrons. The molecule has 0 radical (unpaired) electrons. The molecule has 1 aliphatic heterocycles. The van der Waals surface area contributed by atoms with Crippen molar-refractivity contribution < 1.29 is 14.3 Å². The van der Waals surface area contributed by atoms with E-state index in [0.717, 1.165) is 22.7 Å². The van der Waals surface area contributed by atoms with E-state index in [9.17, 15) is 4.79 Å². The molecule has 0 unspecified atom stereocenters. The van der Waals surface area contributed by atoms with Crippen LogP contribution in [0.2, 0.25) is 0 Å². The number of para-hydroxylation sites is 1.